The first-order valence-corrected chi connectivity index (χ1v) is 6.70. The number of methoxy groups -OCH3 is 1. The van der Waals surface area contributed by atoms with Crippen molar-refractivity contribution in [2.75, 3.05) is 7.11 Å². The number of rotatable bonds is 3. The Balaban J connectivity index is 2.55. The summed E-state index contributed by atoms with van der Waals surface area (Å²) in [5, 5.41) is 19.7. The van der Waals surface area contributed by atoms with E-state index in [9.17, 15) is 15.0 Å². The Hall–Kier alpha value is -2.76. The second kappa shape index (κ2) is 5.93. The highest BCUT2D eigenvalue weighted by Crippen LogP contribution is 2.37. The number of phenolic OH excluding ortho intramolecular Hbond substituents is 2. The molecule has 0 fully saturated rings. The number of nitrogens with zero attached hydrogens (tertiary/aromatic N) is 2. The van der Waals surface area contributed by atoms with E-state index in [4.69, 9.17) is 4.74 Å². The first kappa shape index (κ1) is 15.6. The van der Waals surface area contributed by atoms with Gasteiger partial charge in [0, 0.05) is 6.07 Å². The summed E-state index contributed by atoms with van der Waals surface area (Å²) in [7, 11) is 4.78. The number of aromatic nitrogens is 2. The number of benzene rings is 1. The highest BCUT2D eigenvalue weighted by atomic mass is 16.5. The van der Waals surface area contributed by atoms with Gasteiger partial charge in [0.25, 0.3) is 0 Å². The van der Waals surface area contributed by atoms with Crippen LogP contribution in [-0.2, 0) is 14.1 Å². The van der Waals surface area contributed by atoms with Gasteiger partial charge in [0.1, 0.15) is 17.1 Å². The van der Waals surface area contributed by atoms with E-state index in [1.54, 1.807) is 30.8 Å². The Morgan fingerprint density at radius 3 is 2.50 bits per heavy atom. The van der Waals surface area contributed by atoms with Crippen LogP contribution in [0.3, 0.4) is 0 Å². The molecule has 2 rings (SSSR count). The van der Waals surface area contributed by atoms with Crippen LogP contribution in [0, 0.1) is 6.92 Å². The summed E-state index contributed by atoms with van der Waals surface area (Å²) in [5.41, 5.74) is 1.69. The molecule has 2 aromatic rings. The lowest BCUT2D eigenvalue weighted by atomic mass is 10.1. The minimum atomic E-state index is -0.147. The van der Waals surface area contributed by atoms with Gasteiger partial charge >= 0.3 is 5.69 Å². The van der Waals surface area contributed by atoms with Crippen molar-refractivity contribution >= 4 is 12.2 Å². The number of hydrogen-bond acceptors (Lipinski definition) is 4. The maximum Gasteiger partial charge on any atom is 0.498 e. The van der Waals surface area contributed by atoms with E-state index in [1.165, 1.54) is 23.8 Å². The van der Waals surface area contributed by atoms with Crippen LogP contribution in [0.1, 0.15) is 17.0 Å². The van der Waals surface area contributed by atoms with Gasteiger partial charge in [0.05, 0.1) is 26.8 Å². The molecule has 0 aliphatic heterocycles. The molecular formula is C16H19N2O4+. The normalized spacial score (nSPS) is 11.1. The Morgan fingerprint density at radius 2 is 1.86 bits per heavy atom. The van der Waals surface area contributed by atoms with Crippen molar-refractivity contribution in [3.8, 4) is 17.2 Å². The van der Waals surface area contributed by atoms with Crippen LogP contribution in [0.25, 0.3) is 12.2 Å². The number of phenols is 2. The largest absolute Gasteiger partial charge is 0.507 e. The van der Waals surface area contributed by atoms with Gasteiger partial charge in [-0.15, -0.1) is 0 Å². The van der Waals surface area contributed by atoms with Gasteiger partial charge < -0.3 is 14.9 Å². The maximum atomic E-state index is 12.0. The molecule has 22 heavy (non-hydrogen) atoms. The van der Waals surface area contributed by atoms with Crippen molar-refractivity contribution in [3.63, 3.8) is 0 Å². The summed E-state index contributed by atoms with van der Waals surface area (Å²) in [6.45, 7) is 1.84. The number of aryl methyl sites for hydroxylation is 1. The first-order valence-electron chi connectivity index (χ1n) is 6.70. The molecule has 6 nitrogen and oxygen atoms in total. The van der Waals surface area contributed by atoms with E-state index in [0.717, 1.165) is 5.69 Å². The van der Waals surface area contributed by atoms with E-state index in [2.05, 4.69) is 0 Å². The summed E-state index contributed by atoms with van der Waals surface area (Å²) < 4.78 is 8.15. The van der Waals surface area contributed by atoms with E-state index >= 15 is 0 Å². The molecule has 1 aromatic heterocycles. The van der Waals surface area contributed by atoms with Gasteiger partial charge in [0.15, 0.2) is 11.5 Å². The number of ether oxygens (including phenoxy) is 1. The molecule has 2 N–H and O–H groups in total. The van der Waals surface area contributed by atoms with Gasteiger partial charge in [-0.25, -0.2) is 0 Å². The van der Waals surface area contributed by atoms with Crippen LogP contribution in [0.2, 0.25) is 0 Å². The number of aromatic hydroxyl groups is 2. The highest BCUT2D eigenvalue weighted by molar-refractivity contribution is 5.76. The molecule has 0 bridgehead atoms. The lowest BCUT2D eigenvalue weighted by molar-refractivity contribution is -0.692. The van der Waals surface area contributed by atoms with E-state index < -0.39 is 0 Å². The summed E-state index contributed by atoms with van der Waals surface area (Å²) in [4.78, 5) is 12.0. The van der Waals surface area contributed by atoms with E-state index in [0.29, 0.717) is 11.3 Å². The molecule has 116 valence electrons. The van der Waals surface area contributed by atoms with Crippen molar-refractivity contribution in [2.45, 2.75) is 6.92 Å². The molecule has 0 unspecified atom stereocenters. The molecule has 0 spiro atoms. The molecule has 1 heterocycles. The van der Waals surface area contributed by atoms with Gasteiger partial charge in [-0.3, -0.25) is 0 Å². The second-order valence-corrected chi connectivity index (χ2v) is 5.00. The summed E-state index contributed by atoms with van der Waals surface area (Å²) >= 11 is 0. The van der Waals surface area contributed by atoms with Crippen molar-refractivity contribution in [1.82, 2.24) is 4.57 Å². The fourth-order valence-corrected chi connectivity index (χ4v) is 2.18. The Morgan fingerprint density at radius 1 is 1.23 bits per heavy atom. The average molecular weight is 303 g/mol. The van der Waals surface area contributed by atoms with Crippen molar-refractivity contribution in [2.24, 2.45) is 14.1 Å². The van der Waals surface area contributed by atoms with Crippen molar-refractivity contribution < 1.29 is 19.5 Å². The molecule has 0 atom stereocenters. The molecule has 0 aliphatic rings. The summed E-state index contributed by atoms with van der Waals surface area (Å²) in [5.74, 6) is 0.0954. The highest BCUT2D eigenvalue weighted by Gasteiger charge is 2.14. The molecule has 0 radical (unpaired) electrons. The summed E-state index contributed by atoms with van der Waals surface area (Å²) in [6, 6.07) is 4.59. The van der Waals surface area contributed by atoms with E-state index in [1.807, 2.05) is 13.0 Å². The van der Waals surface area contributed by atoms with Crippen LogP contribution in [0.5, 0.6) is 17.2 Å². The Bertz CT molecular complexity index is 807. The SMILES string of the molecule is COc1c(O)ccc(O)c1C=Cc1cc(C)n(C)c(=O)[n+]1C. The Kier molecular flexibility index (Phi) is 4.21. The molecule has 0 saturated carbocycles. The average Bonchev–Trinajstić information content (AvgIpc) is 2.50. The van der Waals surface area contributed by atoms with Crippen LogP contribution in [0.15, 0.2) is 23.0 Å². The summed E-state index contributed by atoms with van der Waals surface area (Å²) in [6.07, 6.45) is 3.29. The molecular weight excluding hydrogens is 284 g/mol. The van der Waals surface area contributed by atoms with Crippen molar-refractivity contribution in [1.29, 1.82) is 0 Å². The maximum absolute atomic E-state index is 12.0. The first-order chi connectivity index (χ1) is 10.4. The third-order valence-electron chi connectivity index (χ3n) is 3.62. The molecule has 0 aliphatic carbocycles. The van der Waals surface area contributed by atoms with Gasteiger partial charge in [-0.1, -0.05) is 0 Å². The minimum absolute atomic E-state index is 0.0193. The lowest BCUT2D eigenvalue weighted by Gasteiger charge is -2.09. The quantitative estimate of drug-likeness (QED) is 0.658. The topological polar surface area (TPSA) is 75.6 Å². The second-order valence-electron chi connectivity index (χ2n) is 5.00. The smallest absolute Gasteiger partial charge is 0.498 e. The fourth-order valence-electron chi connectivity index (χ4n) is 2.18. The lowest BCUT2D eigenvalue weighted by Crippen LogP contribution is -2.53. The third-order valence-corrected chi connectivity index (χ3v) is 3.62. The molecule has 0 saturated heterocycles. The van der Waals surface area contributed by atoms with Crippen LogP contribution < -0.4 is 15.0 Å². The zero-order valence-corrected chi connectivity index (χ0v) is 13.0. The minimum Gasteiger partial charge on any atom is -0.507 e. The van der Waals surface area contributed by atoms with Crippen LogP contribution in [0.4, 0.5) is 0 Å². The Labute approximate surface area is 128 Å². The van der Waals surface area contributed by atoms with Crippen LogP contribution in [-0.4, -0.2) is 21.9 Å². The number of hydrogen-bond donors (Lipinski definition) is 2. The van der Waals surface area contributed by atoms with Crippen LogP contribution >= 0.6 is 0 Å². The predicted molar refractivity (Wildman–Crippen MR) is 82.8 cm³/mol. The van der Waals surface area contributed by atoms with Gasteiger partial charge in [-0.2, -0.15) is 13.9 Å². The zero-order valence-electron chi connectivity index (χ0n) is 13.0. The van der Waals surface area contributed by atoms with Gasteiger partial charge in [-0.05, 0) is 31.2 Å². The molecule has 0 amide bonds. The molecule has 6 heteroatoms. The van der Waals surface area contributed by atoms with Gasteiger partial charge in [0.2, 0.25) is 0 Å². The zero-order chi connectivity index (χ0) is 16.4. The van der Waals surface area contributed by atoms with E-state index in [-0.39, 0.29) is 22.9 Å². The fraction of sp³-hybridized carbons (Fsp3) is 0.250. The van der Waals surface area contributed by atoms with Crippen molar-refractivity contribution in [3.05, 3.63) is 45.6 Å². The predicted octanol–water partition coefficient (Wildman–Crippen LogP) is 1.11. The monoisotopic (exact) mass is 303 g/mol. The standard InChI is InChI=1S/C16H18N2O4/c1-10-9-11(18(3)16(21)17(10)2)5-6-12-13(19)7-8-14(20)15(12)22-4/h5-9,20H,1-4H3/p+1. The third kappa shape index (κ3) is 2.67. The molecule has 1 aromatic carbocycles.